The number of fused-ring (bicyclic) bond motifs is 1. The molecule has 3 aromatic rings. The van der Waals surface area contributed by atoms with Crippen molar-refractivity contribution >= 4 is 35.7 Å². The van der Waals surface area contributed by atoms with E-state index >= 15 is 0 Å². The predicted octanol–water partition coefficient (Wildman–Crippen LogP) is 3.02. The first-order chi connectivity index (χ1) is 27.4. The number of amides is 2. The van der Waals surface area contributed by atoms with E-state index in [0.717, 1.165) is 18.7 Å². The van der Waals surface area contributed by atoms with Gasteiger partial charge in [0.2, 0.25) is 0 Å². The average molecular weight is 788 g/mol. The number of rotatable bonds is 13. The van der Waals surface area contributed by atoms with Crippen LogP contribution in [0.1, 0.15) is 62.2 Å². The highest BCUT2D eigenvalue weighted by Gasteiger charge is 2.58. The molecule has 0 saturated carbocycles. The van der Waals surface area contributed by atoms with Gasteiger partial charge in [-0.1, -0.05) is 54.6 Å². The van der Waals surface area contributed by atoms with E-state index in [2.05, 4.69) is 6.58 Å². The van der Waals surface area contributed by atoms with E-state index in [1.165, 1.54) is 42.5 Å². The van der Waals surface area contributed by atoms with Gasteiger partial charge in [0.05, 0.1) is 35.0 Å². The van der Waals surface area contributed by atoms with Crippen molar-refractivity contribution in [3.8, 4) is 0 Å². The first-order valence-electron chi connectivity index (χ1n) is 18.1. The van der Waals surface area contributed by atoms with E-state index in [0.29, 0.717) is 0 Å². The summed E-state index contributed by atoms with van der Waals surface area (Å²) in [6.45, 7) is 6.76. The molecular formula is C41H41NO15. The molecule has 3 aromatic carbocycles. The molecule has 0 radical (unpaired) electrons. The molecule has 2 amide bonds. The van der Waals surface area contributed by atoms with Crippen molar-refractivity contribution in [3.05, 3.63) is 120 Å². The fourth-order valence-electron chi connectivity index (χ4n) is 6.84. The highest BCUT2D eigenvalue weighted by Crippen LogP contribution is 2.38. The van der Waals surface area contributed by atoms with Crippen LogP contribution in [0.25, 0.3) is 0 Å². The molecule has 2 fully saturated rings. The molecule has 16 nitrogen and oxygen atoms in total. The van der Waals surface area contributed by atoms with Gasteiger partial charge in [-0.15, -0.1) is 6.58 Å². The molecule has 1 N–H and O–H groups in total. The van der Waals surface area contributed by atoms with Gasteiger partial charge in [0, 0.05) is 13.8 Å². The summed E-state index contributed by atoms with van der Waals surface area (Å²) < 4.78 is 47.7. The number of benzene rings is 3. The summed E-state index contributed by atoms with van der Waals surface area (Å²) in [5.74, 6) is -4.93. The number of carbonyl (C=O) groups excluding carboxylic acids is 6. The molecule has 0 unspecified atom stereocenters. The second-order valence-corrected chi connectivity index (χ2v) is 13.3. The Morgan fingerprint density at radius 1 is 0.719 bits per heavy atom. The number of hydrogen-bond acceptors (Lipinski definition) is 15. The quantitative estimate of drug-likeness (QED) is 0.115. The normalized spacial score (nSPS) is 28.2. The summed E-state index contributed by atoms with van der Waals surface area (Å²) >= 11 is 0. The van der Waals surface area contributed by atoms with Crippen LogP contribution in [0.15, 0.2) is 97.6 Å². The van der Waals surface area contributed by atoms with Crippen molar-refractivity contribution in [1.82, 2.24) is 4.90 Å². The Morgan fingerprint density at radius 3 is 1.79 bits per heavy atom. The van der Waals surface area contributed by atoms with Gasteiger partial charge in [-0.2, -0.15) is 0 Å². The van der Waals surface area contributed by atoms with Crippen LogP contribution in [0.2, 0.25) is 0 Å². The van der Waals surface area contributed by atoms with Gasteiger partial charge in [0.25, 0.3) is 11.8 Å². The van der Waals surface area contributed by atoms with Crippen LogP contribution in [-0.2, 0) is 47.5 Å². The van der Waals surface area contributed by atoms with E-state index in [1.807, 2.05) is 0 Å². The summed E-state index contributed by atoms with van der Waals surface area (Å²) in [5, 5.41) is 12.1. The molecule has 3 aliphatic heterocycles. The smallest absolute Gasteiger partial charge is 0.338 e. The van der Waals surface area contributed by atoms with Crippen LogP contribution < -0.4 is 0 Å². The van der Waals surface area contributed by atoms with E-state index < -0.39 is 104 Å². The SMILES string of the molecule is C=CCO[C@@H]1O[C@@H](C)[C@@H](OC(=O)c2ccccc2)[C@@H](O[C@@H]2O[C@H](COC(C)=O)[C@@H](OC(C)=O)[C@H](O)[C@H]2N2C(=O)c3ccccc3C2=O)[C@@H]1OC(=O)c1ccccc1. The number of esters is 4. The molecule has 0 aliphatic carbocycles. The van der Waals surface area contributed by atoms with Crippen molar-refractivity contribution in [2.45, 2.75) is 82.1 Å². The third kappa shape index (κ3) is 8.95. The monoisotopic (exact) mass is 787 g/mol. The van der Waals surface area contributed by atoms with Gasteiger partial charge in [-0.05, 0) is 43.3 Å². The zero-order valence-electron chi connectivity index (χ0n) is 31.2. The number of aliphatic hydroxyl groups is 1. The molecule has 3 heterocycles. The Bertz CT molecular complexity index is 1940. The average Bonchev–Trinajstić information content (AvgIpc) is 3.45. The summed E-state index contributed by atoms with van der Waals surface area (Å²) in [6.07, 6.45) is -12.4. The van der Waals surface area contributed by atoms with Crippen LogP contribution in [0, 0.1) is 0 Å². The highest BCUT2D eigenvalue weighted by molar-refractivity contribution is 6.21. The number of imide groups is 1. The van der Waals surface area contributed by atoms with Crippen LogP contribution in [0.5, 0.6) is 0 Å². The fraction of sp³-hybridized carbons (Fsp3) is 0.366. The molecule has 0 spiro atoms. The molecule has 16 heteroatoms. The number of nitrogens with zero attached hydrogens (tertiary/aromatic N) is 1. The Morgan fingerprint density at radius 2 is 1.26 bits per heavy atom. The van der Waals surface area contributed by atoms with E-state index in [4.69, 9.17) is 37.9 Å². The van der Waals surface area contributed by atoms with E-state index in [-0.39, 0.29) is 28.9 Å². The van der Waals surface area contributed by atoms with E-state index in [9.17, 15) is 33.9 Å². The number of carbonyl (C=O) groups is 6. The summed E-state index contributed by atoms with van der Waals surface area (Å²) in [6, 6.07) is 20.1. The minimum Gasteiger partial charge on any atom is -0.463 e. The lowest BCUT2D eigenvalue weighted by molar-refractivity contribution is -0.345. The van der Waals surface area contributed by atoms with Gasteiger partial charge >= 0.3 is 23.9 Å². The molecule has 3 aliphatic rings. The van der Waals surface area contributed by atoms with Gasteiger partial charge in [0.15, 0.2) is 30.9 Å². The molecular weight excluding hydrogens is 746 g/mol. The molecule has 6 rings (SSSR count). The molecule has 300 valence electrons. The van der Waals surface area contributed by atoms with Crippen molar-refractivity contribution < 1.29 is 71.8 Å². The van der Waals surface area contributed by atoms with Crippen molar-refractivity contribution in [3.63, 3.8) is 0 Å². The lowest BCUT2D eigenvalue weighted by Gasteiger charge is -2.49. The van der Waals surface area contributed by atoms with Gasteiger partial charge < -0.3 is 43.0 Å². The van der Waals surface area contributed by atoms with Gasteiger partial charge in [0.1, 0.15) is 31.0 Å². The van der Waals surface area contributed by atoms with Crippen molar-refractivity contribution in [2.24, 2.45) is 0 Å². The maximum Gasteiger partial charge on any atom is 0.338 e. The van der Waals surface area contributed by atoms with Crippen LogP contribution in [0.3, 0.4) is 0 Å². The lowest BCUT2D eigenvalue weighted by Crippen LogP contribution is -2.69. The molecule has 0 bridgehead atoms. The summed E-state index contributed by atoms with van der Waals surface area (Å²) in [5.41, 5.74) is 0.321. The van der Waals surface area contributed by atoms with Gasteiger partial charge in [-0.3, -0.25) is 24.1 Å². The first kappa shape index (κ1) is 40.9. The standard InChI is InChI=1S/C41H41NO15/c1-5-20-50-41-35(56-39(49)26-16-10-7-11-17-26)34(32(22(2)52-41)55-38(48)25-14-8-6-9-15-25)57-40-30(42-36(46)27-18-12-13-19-28(27)37(42)47)31(45)33(53-24(4)44)29(54-40)21-51-23(3)43/h5-19,22,29-35,40-41,45H,1,20-21H2,2-4H3/t22-,29+,30+,31+,32+,33+,34+,35-,40-,41+/m0/s1. The number of aliphatic hydroxyl groups excluding tert-OH is 1. The van der Waals surface area contributed by atoms with Crippen molar-refractivity contribution in [2.75, 3.05) is 13.2 Å². The molecule has 2 saturated heterocycles. The fourth-order valence-corrected chi connectivity index (χ4v) is 6.84. The Balaban J connectivity index is 1.46. The summed E-state index contributed by atoms with van der Waals surface area (Å²) in [7, 11) is 0. The Labute approximate surface area is 327 Å². The van der Waals surface area contributed by atoms with Crippen molar-refractivity contribution in [1.29, 1.82) is 0 Å². The molecule has 57 heavy (non-hydrogen) atoms. The topological polar surface area (TPSA) is 200 Å². The van der Waals surface area contributed by atoms with Gasteiger partial charge in [-0.25, -0.2) is 9.59 Å². The summed E-state index contributed by atoms with van der Waals surface area (Å²) in [4.78, 5) is 80.3. The molecule has 0 aromatic heterocycles. The number of hydrogen-bond donors (Lipinski definition) is 1. The Hall–Kier alpha value is -5.78. The third-order valence-electron chi connectivity index (χ3n) is 9.42. The van der Waals surface area contributed by atoms with Crippen LogP contribution in [-0.4, -0.2) is 120 Å². The number of ether oxygens (including phenoxy) is 8. The third-order valence-corrected chi connectivity index (χ3v) is 9.42. The van der Waals surface area contributed by atoms with Crippen LogP contribution >= 0.6 is 0 Å². The lowest BCUT2D eigenvalue weighted by atomic mass is 9.94. The van der Waals surface area contributed by atoms with Crippen LogP contribution in [0.4, 0.5) is 0 Å². The predicted molar refractivity (Wildman–Crippen MR) is 194 cm³/mol. The van der Waals surface area contributed by atoms with E-state index in [1.54, 1.807) is 55.5 Å². The second kappa shape index (κ2) is 18.0. The largest absolute Gasteiger partial charge is 0.463 e. The Kier molecular flexibility index (Phi) is 12.9. The second-order valence-electron chi connectivity index (χ2n) is 13.3. The molecule has 10 atom stereocenters. The maximum atomic E-state index is 14.0. The highest BCUT2D eigenvalue weighted by atomic mass is 16.8. The zero-order chi connectivity index (χ0) is 40.8. The minimum atomic E-state index is -1.92. The maximum absolute atomic E-state index is 14.0. The first-order valence-corrected chi connectivity index (χ1v) is 18.1. The minimum absolute atomic E-state index is 0.0152. The zero-order valence-corrected chi connectivity index (χ0v) is 31.2.